The summed E-state index contributed by atoms with van der Waals surface area (Å²) in [7, 11) is 0. The van der Waals surface area contributed by atoms with E-state index in [1.165, 1.54) is 0 Å². The molecule has 0 bridgehead atoms. The van der Waals surface area contributed by atoms with Crippen LogP contribution >= 0.6 is 11.6 Å². The average Bonchev–Trinajstić information content (AvgIpc) is 3.19. The number of halogens is 1. The van der Waals surface area contributed by atoms with Crippen LogP contribution in [0.4, 0.5) is 0 Å². The van der Waals surface area contributed by atoms with Gasteiger partial charge in [0.1, 0.15) is 22.5 Å². The van der Waals surface area contributed by atoms with Crippen molar-refractivity contribution < 1.29 is 29.3 Å². The molecule has 0 saturated heterocycles. The lowest BCUT2D eigenvalue weighted by Gasteiger charge is -2.21. The van der Waals surface area contributed by atoms with Gasteiger partial charge in [-0.15, -0.1) is 0 Å². The lowest BCUT2D eigenvalue weighted by molar-refractivity contribution is -0.139. The van der Waals surface area contributed by atoms with Crippen LogP contribution in [0.25, 0.3) is 10.9 Å². The maximum absolute atomic E-state index is 12.1. The lowest BCUT2D eigenvalue weighted by Crippen LogP contribution is -2.41. The fourth-order valence-electron chi connectivity index (χ4n) is 3.47. The third kappa shape index (κ3) is 6.03. The number of aliphatic imine (C=N–C) groups is 1. The Morgan fingerprint density at radius 3 is 2.51 bits per heavy atom. The Labute approximate surface area is 218 Å². The van der Waals surface area contributed by atoms with E-state index in [9.17, 15) is 19.5 Å². The van der Waals surface area contributed by atoms with Gasteiger partial charge < -0.3 is 20.3 Å². The van der Waals surface area contributed by atoms with Gasteiger partial charge in [-0.2, -0.15) is 0 Å². The van der Waals surface area contributed by atoms with Gasteiger partial charge in [-0.25, -0.2) is 14.6 Å². The Bertz CT molecular complexity index is 1390. The molecular weight excluding hydrogens is 500 g/mol. The summed E-state index contributed by atoms with van der Waals surface area (Å²) in [6.45, 7) is 7.07. The number of nitrogens with one attached hydrogen (secondary N) is 1. The molecule has 1 amide bonds. The number of amides is 1. The van der Waals surface area contributed by atoms with Crippen LogP contribution in [0, 0.1) is 5.92 Å². The minimum atomic E-state index is -1.08. The van der Waals surface area contributed by atoms with Crippen molar-refractivity contribution in [3.63, 3.8) is 0 Å². The Morgan fingerprint density at radius 1 is 1.19 bits per heavy atom. The number of hydrogen-bond donors (Lipinski definition) is 3. The molecule has 0 saturated carbocycles. The molecule has 3 N–H and O–H groups in total. The van der Waals surface area contributed by atoms with E-state index in [1.54, 1.807) is 49.6 Å². The average molecular weight is 527 g/mol. The quantitative estimate of drug-likeness (QED) is 0.418. The molecule has 1 aliphatic rings. The summed E-state index contributed by atoms with van der Waals surface area (Å²) in [5, 5.41) is 21.8. The lowest BCUT2D eigenvalue weighted by atomic mass is 9.89. The van der Waals surface area contributed by atoms with E-state index in [1.807, 2.05) is 20.8 Å². The van der Waals surface area contributed by atoms with Gasteiger partial charge in [0.2, 0.25) is 0 Å². The van der Waals surface area contributed by atoms with E-state index in [0.29, 0.717) is 22.7 Å². The number of nitrogens with zero attached hydrogens (tertiary/aromatic N) is 3. The minimum Gasteiger partial charge on any atom is -0.480 e. The number of ether oxygens (including phenoxy) is 1. The van der Waals surface area contributed by atoms with Crippen molar-refractivity contribution in [1.82, 2.24) is 15.3 Å². The van der Waals surface area contributed by atoms with Gasteiger partial charge in [0.15, 0.2) is 12.4 Å². The van der Waals surface area contributed by atoms with Crippen molar-refractivity contribution in [1.29, 1.82) is 0 Å². The number of pyridine rings is 2. The highest BCUT2D eigenvalue weighted by Crippen LogP contribution is 2.29. The van der Waals surface area contributed by atoms with Gasteiger partial charge in [0.25, 0.3) is 5.91 Å². The molecule has 0 fully saturated rings. The fourth-order valence-corrected chi connectivity index (χ4v) is 3.68. The molecule has 1 unspecified atom stereocenters. The topological polar surface area (TPSA) is 151 Å². The van der Waals surface area contributed by atoms with Crippen molar-refractivity contribution in [3.8, 4) is 5.75 Å². The van der Waals surface area contributed by atoms with E-state index < -0.39 is 24.1 Å². The van der Waals surface area contributed by atoms with Crippen LogP contribution in [0.15, 0.2) is 47.7 Å². The second kappa shape index (κ2) is 11.3. The van der Waals surface area contributed by atoms with Crippen molar-refractivity contribution in [2.45, 2.75) is 39.7 Å². The highest BCUT2D eigenvalue weighted by atomic mass is 35.5. The number of aromatic nitrogens is 2. The number of aromatic carboxylic acids is 1. The van der Waals surface area contributed by atoms with Crippen LogP contribution in [0.1, 0.15) is 49.3 Å². The summed E-state index contributed by atoms with van der Waals surface area (Å²) in [4.78, 5) is 46.6. The molecule has 1 aromatic carbocycles. The van der Waals surface area contributed by atoms with Crippen LogP contribution in [-0.4, -0.2) is 56.0 Å². The SMILES string of the molecule is CCc1cnc(C2=NC(C)(C(C)C)C(=O)N2)c(C(=O)O)c1.O=C(O)COc1ccc(Cl)c2cccnc12. The number of carbonyl (C=O) groups excluding carboxylic acids is 1. The predicted molar refractivity (Wildman–Crippen MR) is 138 cm³/mol. The van der Waals surface area contributed by atoms with Gasteiger partial charge in [-0.3, -0.25) is 14.8 Å². The maximum atomic E-state index is 12.1. The highest BCUT2D eigenvalue weighted by molar-refractivity contribution is 6.35. The number of amidine groups is 1. The largest absolute Gasteiger partial charge is 0.480 e. The number of aryl methyl sites for hydroxylation is 1. The van der Waals surface area contributed by atoms with Crippen molar-refractivity contribution in [3.05, 3.63) is 64.6 Å². The van der Waals surface area contributed by atoms with E-state index in [-0.39, 0.29) is 28.9 Å². The summed E-state index contributed by atoms with van der Waals surface area (Å²) in [6.07, 6.45) is 3.91. The molecule has 1 aliphatic heterocycles. The Hall–Kier alpha value is -4.05. The monoisotopic (exact) mass is 526 g/mol. The molecule has 194 valence electrons. The molecule has 37 heavy (non-hydrogen) atoms. The molecule has 0 radical (unpaired) electrons. The first kappa shape index (κ1) is 27.5. The number of fused-ring (bicyclic) bond motifs is 1. The molecule has 10 nitrogen and oxygen atoms in total. The zero-order valence-electron chi connectivity index (χ0n) is 20.8. The second-order valence-corrected chi connectivity index (χ2v) is 9.15. The van der Waals surface area contributed by atoms with Gasteiger partial charge in [0, 0.05) is 17.8 Å². The molecule has 0 spiro atoms. The number of benzene rings is 1. The molecular formula is C26H27ClN4O6. The number of carboxylic acid groups (broad SMARTS) is 2. The Morgan fingerprint density at radius 2 is 1.92 bits per heavy atom. The fraction of sp³-hybridized carbons (Fsp3) is 0.308. The van der Waals surface area contributed by atoms with E-state index >= 15 is 0 Å². The van der Waals surface area contributed by atoms with Crippen LogP contribution < -0.4 is 10.1 Å². The highest BCUT2D eigenvalue weighted by Gasteiger charge is 2.43. The zero-order valence-corrected chi connectivity index (χ0v) is 21.5. The van der Waals surface area contributed by atoms with Crippen LogP contribution in [-0.2, 0) is 16.0 Å². The third-order valence-corrected chi connectivity index (χ3v) is 6.33. The number of aliphatic carboxylic acids is 1. The molecule has 3 aromatic rings. The summed E-state index contributed by atoms with van der Waals surface area (Å²) >= 11 is 5.98. The first-order valence-corrected chi connectivity index (χ1v) is 11.9. The predicted octanol–water partition coefficient (Wildman–Crippen LogP) is 3.98. The van der Waals surface area contributed by atoms with Gasteiger partial charge in [0.05, 0.1) is 10.6 Å². The minimum absolute atomic E-state index is 0.00167. The molecule has 11 heteroatoms. The van der Waals surface area contributed by atoms with Crippen LogP contribution in [0.3, 0.4) is 0 Å². The van der Waals surface area contributed by atoms with Crippen molar-refractivity contribution >= 4 is 46.2 Å². The second-order valence-electron chi connectivity index (χ2n) is 8.74. The maximum Gasteiger partial charge on any atom is 0.341 e. The number of carbonyl (C=O) groups is 3. The summed E-state index contributed by atoms with van der Waals surface area (Å²) in [5.41, 5.74) is 0.763. The van der Waals surface area contributed by atoms with Crippen molar-refractivity contribution in [2.24, 2.45) is 10.9 Å². The van der Waals surface area contributed by atoms with Gasteiger partial charge in [-0.1, -0.05) is 32.4 Å². The third-order valence-electron chi connectivity index (χ3n) is 6.00. The Kier molecular flexibility index (Phi) is 8.44. The number of carboxylic acids is 2. The van der Waals surface area contributed by atoms with Crippen LogP contribution in [0.5, 0.6) is 5.75 Å². The summed E-state index contributed by atoms with van der Waals surface area (Å²) in [5.74, 6) is -1.69. The molecule has 3 heterocycles. The normalized spacial score (nSPS) is 16.6. The number of rotatable bonds is 7. The molecule has 2 aromatic heterocycles. The van der Waals surface area contributed by atoms with Crippen LogP contribution in [0.2, 0.25) is 5.02 Å². The van der Waals surface area contributed by atoms with Gasteiger partial charge >= 0.3 is 11.9 Å². The van der Waals surface area contributed by atoms with E-state index in [2.05, 4.69) is 20.3 Å². The molecule has 4 rings (SSSR count). The molecule has 1 atom stereocenters. The summed E-state index contributed by atoms with van der Waals surface area (Å²) in [6, 6.07) is 8.40. The first-order valence-electron chi connectivity index (χ1n) is 11.5. The first-order chi connectivity index (χ1) is 17.5. The van der Waals surface area contributed by atoms with Crippen molar-refractivity contribution in [2.75, 3.05) is 6.61 Å². The summed E-state index contributed by atoms with van der Waals surface area (Å²) < 4.78 is 5.12. The smallest absolute Gasteiger partial charge is 0.341 e. The number of hydrogen-bond acceptors (Lipinski definition) is 7. The van der Waals surface area contributed by atoms with E-state index in [4.69, 9.17) is 21.4 Å². The Balaban J connectivity index is 0.000000213. The zero-order chi connectivity index (χ0) is 27.3. The van der Waals surface area contributed by atoms with E-state index in [0.717, 1.165) is 10.9 Å². The molecule has 0 aliphatic carbocycles. The standard InChI is InChI=1S/C15H19N3O3.C11H8ClNO3/c1-5-9-6-10(13(19)20)11(16-7-9)12-17-14(21)15(4,18-12)8(2)3;12-8-3-4-9(16-6-10(14)15)11-7(8)2-1-5-13-11/h6-8H,5H2,1-4H3,(H,19,20)(H,17,18,21);1-5H,6H2,(H,14,15). The van der Waals surface area contributed by atoms with Gasteiger partial charge in [-0.05, 0) is 55.2 Å².